The number of fused-ring (bicyclic) bond motifs is 1. The lowest BCUT2D eigenvalue weighted by molar-refractivity contribution is 1.10. The monoisotopic (exact) mass is 316 g/mol. The molecule has 0 bridgehead atoms. The molecule has 0 spiro atoms. The molecule has 0 saturated heterocycles. The Morgan fingerprint density at radius 3 is 2.75 bits per heavy atom. The van der Waals surface area contributed by atoms with E-state index in [-0.39, 0.29) is 0 Å². The number of nitrogens with two attached hydrogens (primary N) is 1. The minimum Gasteiger partial charge on any atom is -0.381 e. The van der Waals surface area contributed by atoms with Crippen LogP contribution >= 0.6 is 0 Å². The maximum absolute atomic E-state index is 5.86. The van der Waals surface area contributed by atoms with Crippen molar-refractivity contribution >= 4 is 17.3 Å². The number of benzene rings is 1. The third kappa shape index (κ3) is 2.65. The minimum atomic E-state index is 0.405. The van der Waals surface area contributed by atoms with Gasteiger partial charge in [-0.25, -0.2) is 15.0 Å². The number of pyridine rings is 1. The van der Waals surface area contributed by atoms with Gasteiger partial charge in [-0.05, 0) is 17.7 Å². The number of nitrogens with one attached hydrogen (secondary N) is 1. The summed E-state index contributed by atoms with van der Waals surface area (Å²) in [7, 11) is 0. The molecule has 0 fully saturated rings. The van der Waals surface area contributed by atoms with Crippen LogP contribution in [0.4, 0.5) is 11.6 Å². The van der Waals surface area contributed by atoms with Gasteiger partial charge in [-0.15, -0.1) is 0 Å². The smallest absolute Gasteiger partial charge is 0.180 e. The van der Waals surface area contributed by atoms with E-state index in [1.54, 1.807) is 12.4 Å². The van der Waals surface area contributed by atoms with Crippen molar-refractivity contribution in [1.29, 1.82) is 0 Å². The SMILES string of the molecule is Nc1nccn2c(-c3cccc(NCc4ccccc4)n3)cnc12. The highest BCUT2D eigenvalue weighted by atomic mass is 15.1. The Kier molecular flexibility index (Phi) is 3.55. The number of nitrogen functional groups attached to an aromatic ring is 1. The van der Waals surface area contributed by atoms with Crippen molar-refractivity contribution in [2.75, 3.05) is 11.1 Å². The molecule has 3 aromatic heterocycles. The summed E-state index contributed by atoms with van der Waals surface area (Å²) in [4.78, 5) is 13.1. The first-order valence-corrected chi connectivity index (χ1v) is 7.64. The van der Waals surface area contributed by atoms with Gasteiger partial charge < -0.3 is 11.1 Å². The van der Waals surface area contributed by atoms with Gasteiger partial charge in [0.15, 0.2) is 11.5 Å². The average Bonchev–Trinajstić information content (AvgIpc) is 3.07. The molecule has 0 amide bonds. The molecule has 0 atom stereocenters. The minimum absolute atomic E-state index is 0.405. The third-order valence-electron chi connectivity index (χ3n) is 3.78. The highest BCUT2D eigenvalue weighted by Crippen LogP contribution is 2.22. The largest absolute Gasteiger partial charge is 0.381 e. The summed E-state index contributed by atoms with van der Waals surface area (Å²) in [6.45, 7) is 0.724. The van der Waals surface area contributed by atoms with E-state index in [1.165, 1.54) is 5.56 Å². The number of hydrogen-bond donors (Lipinski definition) is 2. The first kappa shape index (κ1) is 14.2. The van der Waals surface area contributed by atoms with Crippen LogP contribution in [0, 0.1) is 0 Å². The summed E-state index contributed by atoms with van der Waals surface area (Å²) in [5.41, 5.74) is 9.41. The zero-order valence-corrected chi connectivity index (χ0v) is 12.9. The normalized spacial score (nSPS) is 10.8. The summed E-state index contributed by atoms with van der Waals surface area (Å²) >= 11 is 0. The number of imidazole rings is 1. The highest BCUT2D eigenvalue weighted by molar-refractivity contribution is 5.67. The molecule has 4 rings (SSSR count). The fourth-order valence-corrected chi connectivity index (χ4v) is 2.59. The zero-order valence-electron chi connectivity index (χ0n) is 12.9. The zero-order chi connectivity index (χ0) is 16.4. The quantitative estimate of drug-likeness (QED) is 0.605. The van der Waals surface area contributed by atoms with Gasteiger partial charge in [0.25, 0.3) is 0 Å². The van der Waals surface area contributed by atoms with Gasteiger partial charge in [0, 0.05) is 18.9 Å². The van der Waals surface area contributed by atoms with Gasteiger partial charge in [0.05, 0.1) is 17.6 Å². The number of rotatable bonds is 4. The predicted molar refractivity (Wildman–Crippen MR) is 94.4 cm³/mol. The molecular weight excluding hydrogens is 300 g/mol. The molecule has 24 heavy (non-hydrogen) atoms. The number of nitrogens with zero attached hydrogens (tertiary/aromatic N) is 4. The summed E-state index contributed by atoms with van der Waals surface area (Å²) in [6.07, 6.45) is 5.25. The van der Waals surface area contributed by atoms with Crippen LogP contribution in [0.5, 0.6) is 0 Å². The second-order valence-electron chi connectivity index (χ2n) is 5.40. The summed E-state index contributed by atoms with van der Waals surface area (Å²) in [5, 5.41) is 3.34. The first-order valence-electron chi connectivity index (χ1n) is 7.64. The van der Waals surface area contributed by atoms with Crippen molar-refractivity contribution in [3.63, 3.8) is 0 Å². The predicted octanol–water partition coefficient (Wildman–Crippen LogP) is 2.99. The molecule has 0 aliphatic heterocycles. The average molecular weight is 316 g/mol. The van der Waals surface area contributed by atoms with Crippen molar-refractivity contribution in [1.82, 2.24) is 19.4 Å². The topological polar surface area (TPSA) is 81.1 Å². The lowest BCUT2D eigenvalue weighted by atomic mass is 10.2. The van der Waals surface area contributed by atoms with E-state index < -0.39 is 0 Å². The molecule has 0 unspecified atom stereocenters. The van der Waals surface area contributed by atoms with Crippen LogP contribution < -0.4 is 11.1 Å². The number of aromatic nitrogens is 4. The molecule has 0 aliphatic carbocycles. The Morgan fingerprint density at radius 1 is 1.00 bits per heavy atom. The summed E-state index contributed by atoms with van der Waals surface area (Å²) in [5.74, 6) is 1.22. The van der Waals surface area contributed by atoms with Crippen LogP contribution in [0.3, 0.4) is 0 Å². The van der Waals surface area contributed by atoms with Crippen LogP contribution in [-0.4, -0.2) is 19.4 Å². The molecule has 3 N–H and O–H groups in total. The second-order valence-corrected chi connectivity index (χ2v) is 5.40. The molecule has 1 aromatic carbocycles. The van der Waals surface area contributed by atoms with Crippen LogP contribution in [-0.2, 0) is 6.54 Å². The van der Waals surface area contributed by atoms with Crippen molar-refractivity contribution in [3.8, 4) is 11.4 Å². The molecule has 3 heterocycles. The van der Waals surface area contributed by atoms with E-state index in [4.69, 9.17) is 5.73 Å². The Morgan fingerprint density at radius 2 is 1.88 bits per heavy atom. The summed E-state index contributed by atoms with van der Waals surface area (Å²) in [6, 6.07) is 16.1. The molecule has 118 valence electrons. The molecule has 0 saturated carbocycles. The third-order valence-corrected chi connectivity index (χ3v) is 3.78. The fourth-order valence-electron chi connectivity index (χ4n) is 2.59. The molecule has 6 heteroatoms. The van der Waals surface area contributed by atoms with E-state index in [2.05, 4.69) is 32.4 Å². The molecular formula is C18H16N6. The van der Waals surface area contributed by atoms with Crippen molar-refractivity contribution < 1.29 is 0 Å². The van der Waals surface area contributed by atoms with Crippen LogP contribution in [0.25, 0.3) is 17.0 Å². The highest BCUT2D eigenvalue weighted by Gasteiger charge is 2.10. The molecule has 4 aromatic rings. The Hall–Kier alpha value is -3.41. The van der Waals surface area contributed by atoms with E-state index in [9.17, 15) is 0 Å². The number of hydrogen-bond acceptors (Lipinski definition) is 5. The lowest BCUT2D eigenvalue weighted by Crippen LogP contribution is -2.02. The van der Waals surface area contributed by atoms with Crippen LogP contribution in [0.1, 0.15) is 5.56 Å². The Labute approximate surface area is 139 Å². The van der Waals surface area contributed by atoms with Gasteiger partial charge >= 0.3 is 0 Å². The van der Waals surface area contributed by atoms with Crippen LogP contribution in [0.2, 0.25) is 0 Å². The van der Waals surface area contributed by atoms with Gasteiger partial charge in [-0.1, -0.05) is 36.4 Å². The number of anilines is 2. The van der Waals surface area contributed by atoms with Gasteiger partial charge in [-0.3, -0.25) is 4.40 Å². The fraction of sp³-hybridized carbons (Fsp3) is 0.0556. The molecule has 6 nitrogen and oxygen atoms in total. The van der Waals surface area contributed by atoms with E-state index in [0.29, 0.717) is 11.5 Å². The van der Waals surface area contributed by atoms with E-state index >= 15 is 0 Å². The standard InChI is InChI=1S/C18H16N6/c19-17-18-22-12-15(24(18)10-9-20-17)14-7-4-8-16(23-14)21-11-13-5-2-1-3-6-13/h1-10,12H,11H2,(H2,19,20)(H,21,23). The molecule has 0 aliphatic rings. The Balaban J connectivity index is 1.63. The van der Waals surface area contributed by atoms with Crippen LogP contribution in [0.15, 0.2) is 67.1 Å². The summed E-state index contributed by atoms with van der Waals surface area (Å²) < 4.78 is 1.89. The van der Waals surface area contributed by atoms with Crippen molar-refractivity contribution in [3.05, 3.63) is 72.7 Å². The second kappa shape index (κ2) is 6.00. The van der Waals surface area contributed by atoms with Gasteiger partial charge in [0.1, 0.15) is 5.82 Å². The van der Waals surface area contributed by atoms with Gasteiger partial charge in [-0.2, -0.15) is 0 Å². The first-order chi connectivity index (χ1) is 11.8. The van der Waals surface area contributed by atoms with Gasteiger partial charge in [0.2, 0.25) is 0 Å². The Bertz CT molecular complexity index is 977. The van der Waals surface area contributed by atoms with Crippen molar-refractivity contribution in [2.45, 2.75) is 6.54 Å². The maximum atomic E-state index is 5.86. The van der Waals surface area contributed by atoms with E-state index in [1.807, 2.05) is 47.0 Å². The maximum Gasteiger partial charge on any atom is 0.180 e. The lowest BCUT2D eigenvalue weighted by Gasteiger charge is -2.08. The van der Waals surface area contributed by atoms with Crippen molar-refractivity contribution in [2.24, 2.45) is 0 Å². The van der Waals surface area contributed by atoms with E-state index in [0.717, 1.165) is 23.8 Å². The molecule has 0 radical (unpaired) electrons.